The molecule has 124 valence electrons. The van der Waals surface area contributed by atoms with Crippen molar-refractivity contribution in [1.82, 2.24) is 0 Å². The first-order chi connectivity index (χ1) is 11.6. The van der Waals surface area contributed by atoms with Crippen LogP contribution in [-0.4, -0.2) is 24.0 Å². The van der Waals surface area contributed by atoms with Crippen LogP contribution in [0.3, 0.4) is 0 Å². The van der Waals surface area contributed by atoms with Gasteiger partial charge in [-0.25, -0.2) is 0 Å². The molecular formula is C20H21NO2S. The summed E-state index contributed by atoms with van der Waals surface area (Å²) in [6.45, 7) is 2.06. The van der Waals surface area contributed by atoms with E-state index in [1.165, 1.54) is 5.56 Å². The second-order valence-electron chi connectivity index (χ2n) is 6.10. The maximum atomic E-state index is 12.6. The zero-order chi connectivity index (χ0) is 17.1. The number of rotatable bonds is 5. The Morgan fingerprint density at radius 1 is 1.08 bits per heavy atom. The summed E-state index contributed by atoms with van der Waals surface area (Å²) in [6, 6.07) is 15.7. The van der Waals surface area contributed by atoms with E-state index >= 15 is 0 Å². The molecule has 0 bridgehead atoms. The van der Waals surface area contributed by atoms with Crippen LogP contribution in [0.15, 0.2) is 53.4 Å². The molecule has 1 aliphatic heterocycles. The standard InChI is InChI=1S/C20H21NO2S/c1-14-13-16-5-3-4-6-18(16)21(14)20(23)12-11-19(22)15-7-9-17(24-2)10-8-15/h3-10,14H,11-13H2,1-2H3/t14-/m0/s1. The summed E-state index contributed by atoms with van der Waals surface area (Å²) < 4.78 is 0. The van der Waals surface area contributed by atoms with Gasteiger partial charge in [-0.3, -0.25) is 9.59 Å². The third kappa shape index (κ3) is 3.39. The zero-order valence-electron chi connectivity index (χ0n) is 14.0. The van der Waals surface area contributed by atoms with Gasteiger partial charge in [0.1, 0.15) is 0 Å². The third-order valence-corrected chi connectivity index (χ3v) is 5.20. The first-order valence-corrected chi connectivity index (χ1v) is 9.40. The minimum absolute atomic E-state index is 0.0242. The van der Waals surface area contributed by atoms with Gasteiger partial charge >= 0.3 is 0 Å². The molecule has 0 N–H and O–H groups in total. The largest absolute Gasteiger partial charge is 0.309 e. The molecule has 1 atom stereocenters. The Bertz CT molecular complexity index is 754. The summed E-state index contributed by atoms with van der Waals surface area (Å²) in [5.74, 6) is 0.0534. The van der Waals surface area contributed by atoms with Crippen LogP contribution in [0.5, 0.6) is 0 Å². The zero-order valence-corrected chi connectivity index (χ0v) is 14.8. The number of anilines is 1. The summed E-state index contributed by atoms with van der Waals surface area (Å²) >= 11 is 1.65. The Labute approximate surface area is 147 Å². The molecule has 0 saturated carbocycles. The number of amides is 1. The number of Topliss-reactive ketones (excluding diaryl/α,β-unsaturated/α-hetero) is 1. The van der Waals surface area contributed by atoms with E-state index in [1.54, 1.807) is 11.8 Å². The van der Waals surface area contributed by atoms with Gasteiger partial charge in [-0.15, -0.1) is 11.8 Å². The Morgan fingerprint density at radius 2 is 1.79 bits per heavy atom. The molecule has 0 radical (unpaired) electrons. The molecule has 3 rings (SSSR count). The van der Waals surface area contributed by atoms with Crippen LogP contribution in [0.1, 0.15) is 35.7 Å². The van der Waals surface area contributed by atoms with Crippen LogP contribution in [-0.2, 0) is 11.2 Å². The van der Waals surface area contributed by atoms with Crippen molar-refractivity contribution in [3.05, 3.63) is 59.7 Å². The molecule has 3 nitrogen and oxygen atoms in total. The molecule has 1 heterocycles. The summed E-state index contributed by atoms with van der Waals surface area (Å²) in [5, 5.41) is 0. The molecule has 0 aliphatic carbocycles. The SMILES string of the molecule is CSc1ccc(C(=O)CCC(=O)N2c3ccccc3C[C@@H]2C)cc1. The van der Waals surface area contributed by atoms with Gasteiger partial charge in [0, 0.05) is 35.0 Å². The van der Waals surface area contributed by atoms with E-state index in [1.807, 2.05) is 53.6 Å². The number of hydrogen-bond acceptors (Lipinski definition) is 3. The first kappa shape index (κ1) is 16.8. The fraction of sp³-hybridized carbons (Fsp3) is 0.300. The van der Waals surface area contributed by atoms with E-state index in [4.69, 9.17) is 0 Å². The maximum absolute atomic E-state index is 12.6. The number of carbonyl (C=O) groups is 2. The lowest BCUT2D eigenvalue weighted by atomic mass is 10.1. The number of fused-ring (bicyclic) bond motifs is 1. The molecule has 0 unspecified atom stereocenters. The van der Waals surface area contributed by atoms with Crippen molar-refractivity contribution in [1.29, 1.82) is 0 Å². The minimum Gasteiger partial charge on any atom is -0.309 e. The fourth-order valence-corrected chi connectivity index (χ4v) is 3.62. The summed E-state index contributed by atoms with van der Waals surface area (Å²) in [7, 11) is 0. The van der Waals surface area contributed by atoms with Gasteiger partial charge in [0.15, 0.2) is 5.78 Å². The maximum Gasteiger partial charge on any atom is 0.227 e. The number of thioether (sulfide) groups is 1. The van der Waals surface area contributed by atoms with Gasteiger partial charge in [0.2, 0.25) is 5.91 Å². The van der Waals surface area contributed by atoms with E-state index in [0.717, 1.165) is 17.0 Å². The van der Waals surface area contributed by atoms with Crippen molar-refractivity contribution >= 4 is 29.1 Å². The molecule has 2 aromatic rings. The molecule has 0 saturated heterocycles. The van der Waals surface area contributed by atoms with Crippen LogP contribution >= 0.6 is 11.8 Å². The van der Waals surface area contributed by atoms with E-state index < -0.39 is 0 Å². The van der Waals surface area contributed by atoms with Crippen molar-refractivity contribution < 1.29 is 9.59 Å². The predicted octanol–water partition coefficient (Wildman–Crippen LogP) is 4.35. The Hall–Kier alpha value is -2.07. The second kappa shape index (κ2) is 7.22. The van der Waals surface area contributed by atoms with Gasteiger partial charge < -0.3 is 4.90 Å². The number of ketones is 1. The van der Waals surface area contributed by atoms with Gasteiger partial charge in [0.05, 0.1) is 0 Å². The molecule has 24 heavy (non-hydrogen) atoms. The van der Waals surface area contributed by atoms with Gasteiger partial charge in [-0.1, -0.05) is 30.3 Å². The lowest BCUT2D eigenvalue weighted by molar-refractivity contribution is -0.118. The van der Waals surface area contributed by atoms with Crippen molar-refractivity contribution in [2.24, 2.45) is 0 Å². The Kier molecular flexibility index (Phi) is 5.05. The van der Waals surface area contributed by atoms with Crippen LogP contribution in [0.25, 0.3) is 0 Å². The van der Waals surface area contributed by atoms with Gasteiger partial charge in [-0.2, -0.15) is 0 Å². The lowest BCUT2D eigenvalue weighted by Crippen LogP contribution is -2.35. The van der Waals surface area contributed by atoms with Crippen LogP contribution in [0.2, 0.25) is 0 Å². The first-order valence-electron chi connectivity index (χ1n) is 8.17. The van der Waals surface area contributed by atoms with Gasteiger partial charge in [0.25, 0.3) is 0 Å². The number of hydrogen-bond donors (Lipinski definition) is 0. The van der Waals surface area contributed by atoms with E-state index in [0.29, 0.717) is 5.56 Å². The molecule has 0 aromatic heterocycles. The Balaban J connectivity index is 1.64. The molecular weight excluding hydrogens is 318 g/mol. The fourth-order valence-electron chi connectivity index (χ4n) is 3.21. The summed E-state index contributed by atoms with van der Waals surface area (Å²) in [4.78, 5) is 27.9. The van der Waals surface area contributed by atoms with E-state index in [-0.39, 0.29) is 30.6 Å². The highest BCUT2D eigenvalue weighted by Gasteiger charge is 2.30. The van der Waals surface area contributed by atoms with Crippen molar-refractivity contribution in [2.75, 3.05) is 11.2 Å². The highest BCUT2D eigenvalue weighted by molar-refractivity contribution is 7.98. The van der Waals surface area contributed by atoms with Crippen LogP contribution in [0, 0.1) is 0 Å². The number of nitrogens with zero attached hydrogens (tertiary/aromatic N) is 1. The van der Waals surface area contributed by atoms with E-state index in [2.05, 4.69) is 13.0 Å². The topological polar surface area (TPSA) is 37.4 Å². The average molecular weight is 339 g/mol. The predicted molar refractivity (Wildman–Crippen MR) is 98.9 cm³/mol. The number of benzene rings is 2. The van der Waals surface area contributed by atoms with Crippen LogP contribution < -0.4 is 4.90 Å². The number of carbonyl (C=O) groups excluding carboxylic acids is 2. The van der Waals surface area contributed by atoms with Crippen molar-refractivity contribution in [3.63, 3.8) is 0 Å². The monoisotopic (exact) mass is 339 g/mol. The summed E-state index contributed by atoms with van der Waals surface area (Å²) in [5.41, 5.74) is 2.87. The molecule has 0 fully saturated rings. The van der Waals surface area contributed by atoms with Crippen LogP contribution in [0.4, 0.5) is 5.69 Å². The third-order valence-electron chi connectivity index (χ3n) is 4.45. The van der Waals surface area contributed by atoms with Crippen molar-refractivity contribution in [3.8, 4) is 0 Å². The normalized spacial score (nSPS) is 16.1. The smallest absolute Gasteiger partial charge is 0.227 e. The molecule has 4 heteroatoms. The lowest BCUT2D eigenvalue weighted by Gasteiger charge is -2.22. The van der Waals surface area contributed by atoms with E-state index in [9.17, 15) is 9.59 Å². The number of para-hydroxylation sites is 1. The molecule has 1 amide bonds. The average Bonchev–Trinajstić information content (AvgIpc) is 2.95. The molecule has 0 spiro atoms. The molecule has 2 aromatic carbocycles. The Morgan fingerprint density at radius 3 is 2.50 bits per heavy atom. The molecule has 1 aliphatic rings. The quantitative estimate of drug-likeness (QED) is 0.600. The highest BCUT2D eigenvalue weighted by atomic mass is 32.2. The second-order valence-corrected chi connectivity index (χ2v) is 6.98. The highest BCUT2D eigenvalue weighted by Crippen LogP contribution is 2.32. The minimum atomic E-state index is 0.0242. The summed E-state index contributed by atoms with van der Waals surface area (Å²) in [6.07, 6.45) is 3.39. The van der Waals surface area contributed by atoms with Gasteiger partial charge in [-0.05, 0) is 43.4 Å². The van der Waals surface area contributed by atoms with Crippen molar-refractivity contribution in [2.45, 2.75) is 37.1 Å².